The summed E-state index contributed by atoms with van der Waals surface area (Å²) in [7, 11) is -1.34. The highest BCUT2D eigenvalue weighted by Gasteiger charge is 2.34. The van der Waals surface area contributed by atoms with Gasteiger partial charge in [0.25, 0.3) is 0 Å². The summed E-state index contributed by atoms with van der Waals surface area (Å²) >= 11 is 0. The van der Waals surface area contributed by atoms with Crippen LogP contribution in [0.25, 0.3) is 0 Å². The first-order valence-electron chi connectivity index (χ1n) is 7.84. The number of sulfonamides is 1. The maximum Gasteiger partial charge on any atom is 0.214 e. The molecular formula is C15H29NO3S. The summed E-state index contributed by atoms with van der Waals surface area (Å²) in [4.78, 5) is 0. The monoisotopic (exact) mass is 303 g/mol. The maximum absolute atomic E-state index is 12.5. The lowest BCUT2D eigenvalue weighted by Gasteiger charge is -2.38. The van der Waals surface area contributed by atoms with E-state index in [1.54, 1.807) is 11.4 Å². The molecule has 1 heterocycles. The minimum absolute atomic E-state index is 0.202. The van der Waals surface area contributed by atoms with Crippen molar-refractivity contribution in [2.45, 2.75) is 58.4 Å². The van der Waals surface area contributed by atoms with Gasteiger partial charge in [0.2, 0.25) is 10.0 Å². The zero-order chi connectivity index (χ0) is 14.8. The first-order chi connectivity index (χ1) is 9.30. The van der Waals surface area contributed by atoms with Gasteiger partial charge in [-0.2, -0.15) is 0 Å². The third-order valence-corrected chi connectivity index (χ3v) is 7.12. The average Bonchev–Trinajstić information content (AvgIpc) is 2.38. The van der Waals surface area contributed by atoms with Crippen molar-refractivity contribution in [3.05, 3.63) is 0 Å². The molecule has 0 N–H and O–H groups in total. The van der Waals surface area contributed by atoms with Gasteiger partial charge in [-0.05, 0) is 49.9 Å². The highest BCUT2D eigenvalue weighted by molar-refractivity contribution is 7.89. The molecule has 0 aromatic heterocycles. The molecule has 1 saturated carbocycles. The van der Waals surface area contributed by atoms with Gasteiger partial charge in [-0.25, -0.2) is 12.7 Å². The molecule has 2 aliphatic rings. The average molecular weight is 303 g/mol. The lowest BCUT2D eigenvalue weighted by atomic mass is 9.76. The summed E-state index contributed by atoms with van der Waals surface area (Å²) in [6.07, 6.45) is 5.99. The molecule has 1 saturated heterocycles. The van der Waals surface area contributed by atoms with E-state index in [0.29, 0.717) is 24.4 Å². The molecule has 1 aliphatic carbocycles. The van der Waals surface area contributed by atoms with Crippen LogP contribution in [0.4, 0.5) is 0 Å². The van der Waals surface area contributed by atoms with Crippen LogP contribution in [0.3, 0.4) is 0 Å². The Balaban J connectivity index is 1.91. The van der Waals surface area contributed by atoms with Gasteiger partial charge in [0.05, 0.1) is 5.75 Å². The van der Waals surface area contributed by atoms with Gasteiger partial charge in [0.15, 0.2) is 0 Å². The number of hydrogen-bond acceptors (Lipinski definition) is 3. The number of hydrogen-bond donors (Lipinski definition) is 0. The van der Waals surface area contributed by atoms with Gasteiger partial charge in [-0.15, -0.1) is 0 Å². The van der Waals surface area contributed by atoms with Crippen LogP contribution in [0.15, 0.2) is 0 Å². The van der Waals surface area contributed by atoms with E-state index in [9.17, 15) is 8.42 Å². The summed E-state index contributed by atoms with van der Waals surface area (Å²) in [5.74, 6) is 0.573. The second-order valence-electron chi connectivity index (χ2n) is 7.25. The lowest BCUT2D eigenvalue weighted by molar-refractivity contribution is 0.0718. The zero-order valence-electron chi connectivity index (χ0n) is 13.1. The Kier molecular flexibility index (Phi) is 5.14. The molecule has 0 unspecified atom stereocenters. The van der Waals surface area contributed by atoms with Gasteiger partial charge in [-0.1, -0.05) is 13.8 Å². The van der Waals surface area contributed by atoms with Crippen LogP contribution in [0.2, 0.25) is 0 Å². The van der Waals surface area contributed by atoms with Crippen LogP contribution in [0.5, 0.6) is 0 Å². The predicted octanol–water partition coefficient (Wildman–Crippen LogP) is 2.64. The summed E-state index contributed by atoms with van der Waals surface area (Å²) in [6.45, 7) is 5.97. The molecule has 0 spiro atoms. The highest BCUT2D eigenvalue weighted by atomic mass is 32.2. The highest BCUT2D eigenvalue weighted by Crippen LogP contribution is 2.37. The molecular weight excluding hydrogens is 274 g/mol. The quantitative estimate of drug-likeness (QED) is 0.802. The standard InChI is InChI=1S/C15H29NO3S/c1-15(2)8-4-14(5-9-15)16(3)20(17,18)12-13-6-10-19-11-7-13/h13-14H,4-12H2,1-3H3. The summed E-state index contributed by atoms with van der Waals surface area (Å²) in [6, 6.07) is 0.202. The van der Waals surface area contributed by atoms with E-state index in [1.165, 1.54) is 0 Å². The molecule has 2 rings (SSSR count). The van der Waals surface area contributed by atoms with Gasteiger partial charge >= 0.3 is 0 Å². The fourth-order valence-electron chi connectivity index (χ4n) is 3.30. The third kappa shape index (κ3) is 4.18. The zero-order valence-corrected chi connectivity index (χ0v) is 13.9. The van der Waals surface area contributed by atoms with E-state index < -0.39 is 10.0 Å². The van der Waals surface area contributed by atoms with Crippen molar-refractivity contribution in [1.29, 1.82) is 0 Å². The van der Waals surface area contributed by atoms with E-state index >= 15 is 0 Å². The molecule has 5 heteroatoms. The van der Waals surface area contributed by atoms with Crippen molar-refractivity contribution in [2.75, 3.05) is 26.0 Å². The lowest BCUT2D eigenvalue weighted by Crippen LogP contribution is -2.43. The molecule has 0 aromatic carbocycles. The van der Waals surface area contributed by atoms with Gasteiger partial charge in [0, 0.05) is 26.3 Å². The first kappa shape index (κ1) is 16.2. The Morgan fingerprint density at radius 1 is 1.10 bits per heavy atom. The van der Waals surface area contributed by atoms with Gasteiger partial charge in [-0.3, -0.25) is 0 Å². The van der Waals surface area contributed by atoms with Crippen molar-refractivity contribution >= 4 is 10.0 Å². The van der Waals surface area contributed by atoms with E-state index in [0.717, 1.165) is 38.5 Å². The SMILES string of the molecule is CN(C1CCC(C)(C)CC1)S(=O)(=O)CC1CCOCC1. The molecule has 0 atom stereocenters. The minimum atomic E-state index is -3.12. The normalized spacial score (nSPS) is 26.0. The van der Waals surface area contributed by atoms with Crippen molar-refractivity contribution < 1.29 is 13.2 Å². The Hall–Kier alpha value is -0.130. The number of rotatable bonds is 4. The van der Waals surface area contributed by atoms with E-state index in [4.69, 9.17) is 4.74 Å². The van der Waals surface area contributed by atoms with Crippen LogP contribution >= 0.6 is 0 Å². The van der Waals surface area contributed by atoms with Crippen LogP contribution in [0.1, 0.15) is 52.4 Å². The summed E-state index contributed by atoms with van der Waals surface area (Å²) in [5, 5.41) is 0. The van der Waals surface area contributed by atoms with E-state index in [1.807, 2.05) is 0 Å². The van der Waals surface area contributed by atoms with Crippen LogP contribution in [-0.4, -0.2) is 44.8 Å². The fourth-order valence-corrected chi connectivity index (χ4v) is 5.13. The fraction of sp³-hybridized carbons (Fsp3) is 1.00. The van der Waals surface area contributed by atoms with E-state index in [-0.39, 0.29) is 12.0 Å². The Morgan fingerprint density at radius 3 is 2.20 bits per heavy atom. The Bertz CT molecular complexity index is 403. The molecule has 4 nitrogen and oxygen atoms in total. The Labute approximate surface area is 123 Å². The smallest absolute Gasteiger partial charge is 0.214 e. The van der Waals surface area contributed by atoms with Crippen molar-refractivity contribution in [2.24, 2.45) is 11.3 Å². The second-order valence-corrected chi connectivity index (χ2v) is 9.32. The second kappa shape index (κ2) is 6.32. The summed E-state index contributed by atoms with van der Waals surface area (Å²) in [5.41, 5.74) is 0.377. The molecule has 2 fully saturated rings. The van der Waals surface area contributed by atoms with Crippen LogP contribution in [0, 0.1) is 11.3 Å². The van der Waals surface area contributed by atoms with Gasteiger partial charge < -0.3 is 4.74 Å². The molecule has 118 valence electrons. The van der Waals surface area contributed by atoms with Crippen LogP contribution < -0.4 is 0 Å². The molecule has 1 aliphatic heterocycles. The largest absolute Gasteiger partial charge is 0.381 e. The molecule has 0 aromatic rings. The minimum Gasteiger partial charge on any atom is -0.381 e. The molecule has 0 amide bonds. The molecule has 0 radical (unpaired) electrons. The number of nitrogens with zero attached hydrogens (tertiary/aromatic N) is 1. The third-order valence-electron chi connectivity index (χ3n) is 5.05. The van der Waals surface area contributed by atoms with Crippen LogP contribution in [-0.2, 0) is 14.8 Å². The van der Waals surface area contributed by atoms with Crippen molar-refractivity contribution in [3.8, 4) is 0 Å². The van der Waals surface area contributed by atoms with Gasteiger partial charge in [0.1, 0.15) is 0 Å². The molecule has 0 bridgehead atoms. The van der Waals surface area contributed by atoms with Crippen molar-refractivity contribution in [3.63, 3.8) is 0 Å². The molecule has 20 heavy (non-hydrogen) atoms. The predicted molar refractivity (Wildman–Crippen MR) is 81.1 cm³/mol. The maximum atomic E-state index is 12.5. The summed E-state index contributed by atoms with van der Waals surface area (Å²) < 4.78 is 32.1. The van der Waals surface area contributed by atoms with Crippen molar-refractivity contribution in [1.82, 2.24) is 4.31 Å². The number of ether oxygens (including phenoxy) is 1. The Morgan fingerprint density at radius 2 is 1.65 bits per heavy atom. The topological polar surface area (TPSA) is 46.6 Å². The van der Waals surface area contributed by atoms with E-state index in [2.05, 4.69) is 13.8 Å². The first-order valence-corrected chi connectivity index (χ1v) is 9.44.